The Balaban J connectivity index is 1.75. The number of nitrogens with zero attached hydrogens (tertiary/aromatic N) is 4. The van der Waals surface area contributed by atoms with Crippen molar-refractivity contribution in [3.8, 4) is 17.0 Å². The van der Waals surface area contributed by atoms with Gasteiger partial charge in [0.1, 0.15) is 5.75 Å². The number of carbonyl (C=O) groups is 1. The van der Waals surface area contributed by atoms with E-state index in [1.54, 1.807) is 36.4 Å². The first kappa shape index (κ1) is 21.3. The van der Waals surface area contributed by atoms with Gasteiger partial charge in [0, 0.05) is 11.3 Å². The first-order valence-corrected chi connectivity index (χ1v) is 9.54. The molecule has 0 aliphatic carbocycles. The minimum absolute atomic E-state index is 0.0426. The fraction of sp³-hybridized carbons (Fsp3) is 0.182. The number of halogens is 3. The van der Waals surface area contributed by atoms with Crippen molar-refractivity contribution in [1.82, 2.24) is 19.6 Å². The molecule has 0 atom stereocenters. The maximum atomic E-state index is 13.7. The number of rotatable bonds is 4. The van der Waals surface area contributed by atoms with Crippen LogP contribution in [0.25, 0.3) is 17.0 Å². The van der Waals surface area contributed by atoms with Gasteiger partial charge in [0.15, 0.2) is 5.69 Å². The molecule has 1 amide bonds. The summed E-state index contributed by atoms with van der Waals surface area (Å²) in [6.07, 6.45) is -4.74. The number of aryl methyl sites for hydroxylation is 2. The molecule has 0 fully saturated rings. The zero-order chi connectivity index (χ0) is 23.0. The molecule has 0 bridgehead atoms. The molecule has 0 aliphatic rings. The average Bonchev–Trinajstić information content (AvgIpc) is 3.19. The quantitative estimate of drug-likeness (QED) is 0.497. The summed E-state index contributed by atoms with van der Waals surface area (Å²) in [6.45, 7) is 3.81. The Kier molecular flexibility index (Phi) is 5.29. The summed E-state index contributed by atoms with van der Waals surface area (Å²) in [6, 6.07) is 12.5. The van der Waals surface area contributed by atoms with Crippen LogP contribution in [0, 0.1) is 13.8 Å². The topological polar surface area (TPSA) is 81.4 Å². The van der Waals surface area contributed by atoms with E-state index in [1.807, 2.05) is 19.9 Å². The van der Waals surface area contributed by atoms with Gasteiger partial charge in [-0.1, -0.05) is 6.07 Å². The zero-order valence-electron chi connectivity index (χ0n) is 17.4. The van der Waals surface area contributed by atoms with Gasteiger partial charge >= 0.3 is 6.18 Å². The zero-order valence-corrected chi connectivity index (χ0v) is 17.4. The number of hydrogen-bond acceptors (Lipinski definition) is 5. The van der Waals surface area contributed by atoms with Crippen molar-refractivity contribution >= 4 is 17.4 Å². The SMILES string of the molecule is COc1ccc(-c2cc(C(F)(F)F)n3nc(C(=O)Nc4ccc(C)c(C)c4)nc3n2)cc1. The fourth-order valence-corrected chi connectivity index (χ4v) is 3.08. The van der Waals surface area contributed by atoms with E-state index >= 15 is 0 Å². The van der Waals surface area contributed by atoms with Crippen molar-refractivity contribution < 1.29 is 22.7 Å². The third-order valence-corrected chi connectivity index (χ3v) is 4.96. The summed E-state index contributed by atoms with van der Waals surface area (Å²) in [5.41, 5.74) is 1.87. The van der Waals surface area contributed by atoms with E-state index in [1.165, 1.54) is 7.11 Å². The predicted octanol–water partition coefficient (Wildman–Crippen LogP) is 4.69. The van der Waals surface area contributed by atoms with Crippen LogP contribution in [0.4, 0.5) is 18.9 Å². The van der Waals surface area contributed by atoms with Gasteiger partial charge in [0.25, 0.3) is 11.7 Å². The molecular weight excluding hydrogens is 423 g/mol. The molecule has 4 rings (SSSR count). The fourth-order valence-electron chi connectivity index (χ4n) is 3.08. The number of ether oxygens (including phenoxy) is 1. The first-order valence-electron chi connectivity index (χ1n) is 9.54. The number of benzene rings is 2. The van der Waals surface area contributed by atoms with E-state index in [9.17, 15) is 18.0 Å². The van der Waals surface area contributed by atoms with Crippen LogP contribution in [0.3, 0.4) is 0 Å². The second kappa shape index (κ2) is 7.95. The highest BCUT2D eigenvalue weighted by atomic mass is 19.4. The van der Waals surface area contributed by atoms with Gasteiger partial charge in [-0.25, -0.2) is 4.98 Å². The molecule has 32 heavy (non-hydrogen) atoms. The normalized spacial score (nSPS) is 11.6. The molecular formula is C22H18F3N5O2. The van der Waals surface area contributed by atoms with Crippen molar-refractivity contribution in [2.75, 3.05) is 12.4 Å². The average molecular weight is 441 g/mol. The van der Waals surface area contributed by atoms with Gasteiger partial charge in [-0.05, 0) is 67.4 Å². The summed E-state index contributed by atoms with van der Waals surface area (Å²) >= 11 is 0. The molecule has 2 heterocycles. The number of anilines is 1. The Hall–Kier alpha value is -3.95. The van der Waals surface area contributed by atoms with Crippen LogP contribution in [0.5, 0.6) is 5.75 Å². The maximum Gasteiger partial charge on any atom is 0.433 e. The number of methoxy groups -OCH3 is 1. The lowest BCUT2D eigenvalue weighted by molar-refractivity contribution is -0.142. The largest absolute Gasteiger partial charge is 0.497 e. The van der Waals surface area contributed by atoms with E-state index in [4.69, 9.17) is 4.74 Å². The van der Waals surface area contributed by atoms with Crippen LogP contribution in [-0.4, -0.2) is 32.6 Å². The van der Waals surface area contributed by atoms with Crippen LogP contribution >= 0.6 is 0 Å². The second-order valence-corrected chi connectivity index (χ2v) is 7.15. The smallest absolute Gasteiger partial charge is 0.433 e. The number of carbonyl (C=O) groups excluding carboxylic acids is 1. The van der Waals surface area contributed by atoms with Crippen molar-refractivity contribution in [3.63, 3.8) is 0 Å². The second-order valence-electron chi connectivity index (χ2n) is 7.15. The van der Waals surface area contributed by atoms with E-state index < -0.39 is 23.6 Å². The third-order valence-electron chi connectivity index (χ3n) is 4.96. The highest BCUT2D eigenvalue weighted by Crippen LogP contribution is 2.32. The van der Waals surface area contributed by atoms with Crippen molar-refractivity contribution in [3.05, 3.63) is 71.2 Å². The molecule has 0 aliphatic heterocycles. The van der Waals surface area contributed by atoms with Crippen LogP contribution in [0.1, 0.15) is 27.4 Å². The van der Waals surface area contributed by atoms with E-state index in [0.29, 0.717) is 21.5 Å². The summed E-state index contributed by atoms with van der Waals surface area (Å²) in [5, 5.41) is 6.37. The van der Waals surface area contributed by atoms with Crippen molar-refractivity contribution in [2.45, 2.75) is 20.0 Å². The van der Waals surface area contributed by atoms with Gasteiger partial charge in [-0.3, -0.25) is 4.79 Å². The lowest BCUT2D eigenvalue weighted by Gasteiger charge is -2.10. The Labute approximate surface area is 180 Å². The number of amides is 1. The Bertz CT molecular complexity index is 1310. The summed E-state index contributed by atoms with van der Waals surface area (Å²) in [5.74, 6) is -0.944. The van der Waals surface area contributed by atoms with Crippen LogP contribution in [-0.2, 0) is 6.18 Å². The molecule has 2 aromatic carbocycles. The number of fused-ring (bicyclic) bond motifs is 1. The monoisotopic (exact) mass is 441 g/mol. The predicted molar refractivity (Wildman–Crippen MR) is 112 cm³/mol. The third kappa shape index (κ3) is 4.11. The molecule has 2 aromatic heterocycles. The molecule has 7 nitrogen and oxygen atoms in total. The van der Waals surface area contributed by atoms with Gasteiger partial charge in [0.2, 0.25) is 5.82 Å². The lowest BCUT2D eigenvalue weighted by atomic mass is 10.1. The molecule has 0 saturated carbocycles. The minimum atomic E-state index is -4.74. The highest BCUT2D eigenvalue weighted by Gasteiger charge is 2.36. The first-order chi connectivity index (χ1) is 15.2. The van der Waals surface area contributed by atoms with Gasteiger partial charge in [-0.15, -0.1) is 5.10 Å². The van der Waals surface area contributed by atoms with Gasteiger partial charge in [-0.2, -0.15) is 22.7 Å². The molecule has 0 spiro atoms. The number of aromatic nitrogens is 4. The minimum Gasteiger partial charge on any atom is -0.497 e. The number of alkyl halides is 3. The summed E-state index contributed by atoms with van der Waals surface area (Å²) in [7, 11) is 1.49. The summed E-state index contributed by atoms with van der Waals surface area (Å²) < 4.78 is 46.8. The number of hydrogen-bond donors (Lipinski definition) is 1. The van der Waals surface area contributed by atoms with E-state index in [0.717, 1.165) is 17.2 Å². The molecule has 4 aromatic rings. The standard InChI is InChI=1S/C22H18F3N5O2/c1-12-4-7-15(10-13(12)2)26-20(31)19-28-21-27-17(14-5-8-16(32-3)9-6-14)11-18(22(23,24)25)30(21)29-19/h4-11H,1-3H3,(H,26,31). The highest BCUT2D eigenvalue weighted by molar-refractivity contribution is 6.01. The van der Waals surface area contributed by atoms with Crippen LogP contribution in [0.2, 0.25) is 0 Å². The molecule has 0 saturated heterocycles. The van der Waals surface area contributed by atoms with Crippen molar-refractivity contribution in [1.29, 1.82) is 0 Å². The molecule has 0 unspecified atom stereocenters. The van der Waals surface area contributed by atoms with Crippen LogP contribution < -0.4 is 10.1 Å². The Morgan fingerprint density at radius 2 is 1.72 bits per heavy atom. The molecule has 0 radical (unpaired) electrons. The Morgan fingerprint density at radius 1 is 1.00 bits per heavy atom. The summed E-state index contributed by atoms with van der Waals surface area (Å²) in [4.78, 5) is 20.7. The van der Waals surface area contributed by atoms with E-state index in [2.05, 4.69) is 20.4 Å². The molecule has 10 heteroatoms. The van der Waals surface area contributed by atoms with Crippen LogP contribution in [0.15, 0.2) is 48.5 Å². The van der Waals surface area contributed by atoms with E-state index in [-0.39, 0.29) is 11.5 Å². The molecule has 164 valence electrons. The van der Waals surface area contributed by atoms with Gasteiger partial charge < -0.3 is 10.1 Å². The Morgan fingerprint density at radius 3 is 2.34 bits per heavy atom. The molecule has 1 N–H and O–H groups in total. The lowest BCUT2D eigenvalue weighted by Crippen LogP contribution is -2.16. The van der Waals surface area contributed by atoms with Crippen molar-refractivity contribution in [2.24, 2.45) is 0 Å². The van der Waals surface area contributed by atoms with Gasteiger partial charge in [0.05, 0.1) is 12.8 Å². The maximum absolute atomic E-state index is 13.7. The number of nitrogens with one attached hydrogen (secondary N) is 1.